The number of hydrogen-bond donors (Lipinski definition) is 1. The van der Waals surface area contributed by atoms with Gasteiger partial charge in [-0.15, -0.1) is 0 Å². The number of rotatable bonds is 5. The van der Waals surface area contributed by atoms with E-state index >= 15 is 4.39 Å². The first-order valence-corrected chi connectivity index (χ1v) is 11.8. The molecule has 3 aromatic rings. The Balaban J connectivity index is 1.93. The first kappa shape index (κ1) is 21.5. The minimum Gasteiger partial charge on any atom is -0.461 e. The maximum Gasteiger partial charge on any atom is 0.356 e. The quantitative estimate of drug-likeness (QED) is 0.603. The third kappa shape index (κ3) is 3.97. The monoisotopic (exact) mass is 444 g/mol. The summed E-state index contributed by atoms with van der Waals surface area (Å²) in [6, 6.07) is 10.7. The standard InChI is InChI=1S/C23H25FN2O4S/c1-3-30-23(27)22-13-17-12-19(16-8-10-25-11-9-16)20(24)14-21(17)26(22)31(28,29)18-6-4-15(2)5-7-18/h4-7,12-14,16,25H,3,8-11H2,1-2H3. The van der Waals surface area contributed by atoms with Gasteiger partial charge >= 0.3 is 5.97 Å². The Bertz CT molecular complexity index is 1230. The molecule has 0 saturated carbocycles. The summed E-state index contributed by atoms with van der Waals surface area (Å²) < 4.78 is 48.1. The van der Waals surface area contributed by atoms with Crippen LogP contribution in [0.4, 0.5) is 4.39 Å². The van der Waals surface area contributed by atoms with E-state index in [0.29, 0.717) is 10.9 Å². The number of aromatic nitrogens is 1. The second kappa shape index (κ2) is 8.43. The van der Waals surface area contributed by atoms with E-state index in [1.165, 1.54) is 24.3 Å². The molecule has 1 aliphatic rings. The lowest BCUT2D eigenvalue weighted by Gasteiger charge is -2.23. The molecule has 0 amide bonds. The molecule has 1 saturated heterocycles. The number of halogens is 1. The van der Waals surface area contributed by atoms with Crippen LogP contribution in [0.1, 0.15) is 47.3 Å². The number of carbonyl (C=O) groups is 1. The topological polar surface area (TPSA) is 77.4 Å². The van der Waals surface area contributed by atoms with Gasteiger partial charge in [0.25, 0.3) is 10.0 Å². The van der Waals surface area contributed by atoms with Crippen molar-refractivity contribution < 1.29 is 22.3 Å². The molecule has 6 nitrogen and oxygen atoms in total. The Hall–Kier alpha value is -2.71. The molecule has 8 heteroatoms. The number of esters is 1. The SMILES string of the molecule is CCOC(=O)c1cc2cc(C3CCNCC3)c(F)cc2n1S(=O)(=O)c1ccc(C)cc1. The molecule has 164 valence electrons. The minimum absolute atomic E-state index is 0.0176. The summed E-state index contributed by atoms with van der Waals surface area (Å²) in [6.07, 6.45) is 1.60. The van der Waals surface area contributed by atoms with Crippen molar-refractivity contribution in [2.45, 2.75) is 37.5 Å². The molecule has 0 unspecified atom stereocenters. The van der Waals surface area contributed by atoms with Gasteiger partial charge in [-0.05, 0) is 81.6 Å². The van der Waals surface area contributed by atoms with Gasteiger partial charge in [0, 0.05) is 5.39 Å². The summed E-state index contributed by atoms with van der Waals surface area (Å²) in [4.78, 5) is 12.6. The molecule has 1 fully saturated rings. The molecular formula is C23H25FN2O4S. The maximum atomic E-state index is 15.1. The van der Waals surface area contributed by atoms with E-state index in [-0.39, 0.29) is 28.6 Å². The summed E-state index contributed by atoms with van der Waals surface area (Å²) in [6.45, 7) is 5.20. The molecule has 0 radical (unpaired) electrons. The lowest BCUT2D eigenvalue weighted by molar-refractivity contribution is 0.0518. The second-order valence-corrected chi connectivity index (χ2v) is 9.58. The van der Waals surface area contributed by atoms with Crippen LogP contribution in [0.2, 0.25) is 0 Å². The van der Waals surface area contributed by atoms with Crippen LogP contribution in [0.5, 0.6) is 0 Å². The van der Waals surface area contributed by atoms with Crippen LogP contribution < -0.4 is 5.32 Å². The average Bonchev–Trinajstić information content (AvgIpc) is 3.13. The Morgan fingerprint density at radius 2 is 1.84 bits per heavy atom. The van der Waals surface area contributed by atoms with Gasteiger partial charge in [0.1, 0.15) is 11.5 Å². The number of ether oxygens (including phenoxy) is 1. The lowest BCUT2D eigenvalue weighted by atomic mass is 9.89. The first-order valence-electron chi connectivity index (χ1n) is 10.4. The van der Waals surface area contributed by atoms with Crippen LogP contribution in [0.15, 0.2) is 47.4 Å². The lowest BCUT2D eigenvalue weighted by Crippen LogP contribution is -2.27. The molecule has 0 atom stereocenters. The summed E-state index contributed by atoms with van der Waals surface area (Å²) in [5.41, 5.74) is 1.44. The zero-order valence-electron chi connectivity index (χ0n) is 17.5. The predicted molar refractivity (Wildman–Crippen MR) is 116 cm³/mol. The third-order valence-electron chi connectivity index (χ3n) is 5.70. The highest BCUT2D eigenvalue weighted by molar-refractivity contribution is 7.90. The van der Waals surface area contributed by atoms with Gasteiger partial charge in [0.05, 0.1) is 17.0 Å². The fourth-order valence-electron chi connectivity index (χ4n) is 4.09. The number of hydrogen-bond acceptors (Lipinski definition) is 5. The Morgan fingerprint density at radius 1 is 1.16 bits per heavy atom. The van der Waals surface area contributed by atoms with Crippen molar-refractivity contribution in [1.29, 1.82) is 0 Å². The average molecular weight is 445 g/mol. The molecule has 0 aliphatic carbocycles. The highest BCUT2D eigenvalue weighted by atomic mass is 32.2. The van der Waals surface area contributed by atoms with Crippen LogP contribution in [-0.2, 0) is 14.8 Å². The summed E-state index contributed by atoms with van der Waals surface area (Å²) in [5, 5.41) is 3.75. The van der Waals surface area contributed by atoms with Crippen molar-refractivity contribution in [3.05, 3.63) is 65.1 Å². The Labute approximate surface area is 181 Å². The van der Waals surface area contributed by atoms with E-state index in [0.717, 1.165) is 35.5 Å². The highest BCUT2D eigenvalue weighted by Crippen LogP contribution is 2.34. The van der Waals surface area contributed by atoms with E-state index in [2.05, 4.69) is 5.32 Å². The van der Waals surface area contributed by atoms with Gasteiger partial charge in [-0.25, -0.2) is 21.6 Å². The third-order valence-corrected chi connectivity index (χ3v) is 7.44. The number of nitrogens with one attached hydrogen (secondary N) is 1. The first-order chi connectivity index (χ1) is 14.8. The molecular weight excluding hydrogens is 419 g/mol. The number of aryl methyl sites for hydroxylation is 1. The van der Waals surface area contributed by atoms with Crippen LogP contribution >= 0.6 is 0 Å². The van der Waals surface area contributed by atoms with E-state index in [1.54, 1.807) is 25.1 Å². The van der Waals surface area contributed by atoms with E-state index < -0.39 is 21.8 Å². The molecule has 2 heterocycles. The zero-order chi connectivity index (χ0) is 22.2. The number of carbonyl (C=O) groups excluding carboxylic acids is 1. The van der Waals surface area contributed by atoms with Crippen LogP contribution in [0.25, 0.3) is 10.9 Å². The number of nitrogens with zero attached hydrogens (tertiary/aromatic N) is 1. The minimum atomic E-state index is -4.15. The van der Waals surface area contributed by atoms with Crippen molar-refractivity contribution in [3.63, 3.8) is 0 Å². The van der Waals surface area contributed by atoms with E-state index in [1.807, 2.05) is 6.92 Å². The number of benzene rings is 2. The van der Waals surface area contributed by atoms with Crippen molar-refractivity contribution in [3.8, 4) is 0 Å². The molecule has 1 aliphatic heterocycles. The number of piperidine rings is 1. The molecule has 4 rings (SSSR count). The van der Waals surface area contributed by atoms with Crippen LogP contribution in [0.3, 0.4) is 0 Å². The predicted octanol–water partition coefficient (Wildman–Crippen LogP) is 3.97. The van der Waals surface area contributed by atoms with Gasteiger partial charge in [-0.3, -0.25) is 0 Å². The van der Waals surface area contributed by atoms with Gasteiger partial charge in [-0.2, -0.15) is 0 Å². The zero-order valence-corrected chi connectivity index (χ0v) is 18.3. The molecule has 0 bridgehead atoms. The molecule has 1 N–H and O–H groups in total. The largest absolute Gasteiger partial charge is 0.461 e. The van der Waals surface area contributed by atoms with Crippen LogP contribution in [-0.4, -0.2) is 38.1 Å². The summed E-state index contributed by atoms with van der Waals surface area (Å²) in [7, 11) is -4.15. The molecule has 31 heavy (non-hydrogen) atoms. The molecule has 1 aromatic heterocycles. The van der Waals surface area contributed by atoms with Crippen molar-refractivity contribution in [1.82, 2.24) is 9.29 Å². The van der Waals surface area contributed by atoms with Crippen molar-refractivity contribution in [2.75, 3.05) is 19.7 Å². The Morgan fingerprint density at radius 3 is 2.48 bits per heavy atom. The Kier molecular flexibility index (Phi) is 5.85. The fraction of sp³-hybridized carbons (Fsp3) is 0.348. The van der Waals surface area contributed by atoms with Crippen molar-refractivity contribution in [2.24, 2.45) is 0 Å². The normalized spacial score (nSPS) is 15.3. The van der Waals surface area contributed by atoms with Gasteiger partial charge < -0.3 is 10.1 Å². The van der Waals surface area contributed by atoms with E-state index in [4.69, 9.17) is 4.74 Å². The highest BCUT2D eigenvalue weighted by Gasteiger charge is 2.29. The summed E-state index contributed by atoms with van der Waals surface area (Å²) in [5.74, 6) is -1.18. The van der Waals surface area contributed by atoms with Gasteiger partial charge in [0.2, 0.25) is 0 Å². The smallest absolute Gasteiger partial charge is 0.356 e. The maximum absolute atomic E-state index is 15.1. The fourth-order valence-corrected chi connectivity index (χ4v) is 5.59. The van der Waals surface area contributed by atoms with E-state index in [9.17, 15) is 13.2 Å². The summed E-state index contributed by atoms with van der Waals surface area (Å²) >= 11 is 0. The van der Waals surface area contributed by atoms with Crippen LogP contribution in [0, 0.1) is 12.7 Å². The second-order valence-electron chi connectivity index (χ2n) is 7.79. The number of fused-ring (bicyclic) bond motifs is 1. The van der Waals surface area contributed by atoms with Crippen molar-refractivity contribution >= 4 is 26.9 Å². The van der Waals surface area contributed by atoms with Gasteiger partial charge in [0.15, 0.2) is 0 Å². The molecule has 2 aromatic carbocycles. The van der Waals surface area contributed by atoms with Gasteiger partial charge in [-0.1, -0.05) is 17.7 Å². The molecule has 0 spiro atoms.